The Labute approximate surface area is 201 Å². The van der Waals surface area contributed by atoms with Crippen LogP contribution in [0, 0.1) is 5.92 Å². The summed E-state index contributed by atoms with van der Waals surface area (Å²) in [5.41, 5.74) is 2.62. The van der Waals surface area contributed by atoms with E-state index < -0.39 is 0 Å². The summed E-state index contributed by atoms with van der Waals surface area (Å²) in [7, 11) is 0. The molecule has 0 spiro atoms. The average Bonchev–Trinajstić information content (AvgIpc) is 3.15. The minimum absolute atomic E-state index is 0.0904. The van der Waals surface area contributed by atoms with Crippen LogP contribution in [0.25, 0.3) is 11.0 Å². The van der Waals surface area contributed by atoms with Gasteiger partial charge >= 0.3 is 0 Å². The number of benzene rings is 2. The van der Waals surface area contributed by atoms with Crippen molar-refractivity contribution >= 4 is 22.8 Å². The zero-order valence-corrected chi connectivity index (χ0v) is 19.8. The number of rotatable bonds is 5. The van der Waals surface area contributed by atoms with E-state index in [1.165, 1.54) is 25.7 Å². The van der Waals surface area contributed by atoms with E-state index in [0.29, 0.717) is 24.9 Å². The largest absolute Gasteiger partial charge is 0.353 e. The average molecular weight is 459 g/mol. The molecule has 2 heterocycles. The van der Waals surface area contributed by atoms with Gasteiger partial charge in [0, 0.05) is 19.1 Å². The molecule has 1 aromatic heterocycles. The second-order valence-electron chi connectivity index (χ2n) is 9.78. The van der Waals surface area contributed by atoms with Crippen LogP contribution in [0.5, 0.6) is 0 Å². The Hall–Kier alpha value is -3.15. The van der Waals surface area contributed by atoms with Gasteiger partial charge in [-0.2, -0.15) is 0 Å². The molecular formula is C28H34N4O2. The zero-order chi connectivity index (χ0) is 23.3. The van der Waals surface area contributed by atoms with Crippen molar-refractivity contribution in [3.05, 3.63) is 70.5 Å². The van der Waals surface area contributed by atoms with Crippen molar-refractivity contribution in [3.8, 4) is 0 Å². The van der Waals surface area contributed by atoms with E-state index in [4.69, 9.17) is 4.98 Å². The Morgan fingerprint density at radius 1 is 0.912 bits per heavy atom. The number of nitrogens with one attached hydrogen (secondary N) is 1. The van der Waals surface area contributed by atoms with Gasteiger partial charge < -0.3 is 10.2 Å². The molecule has 1 atom stereocenters. The van der Waals surface area contributed by atoms with Crippen LogP contribution in [0.1, 0.15) is 56.9 Å². The van der Waals surface area contributed by atoms with E-state index in [9.17, 15) is 9.59 Å². The van der Waals surface area contributed by atoms with Crippen LogP contribution < -0.4 is 15.8 Å². The summed E-state index contributed by atoms with van der Waals surface area (Å²) in [4.78, 5) is 33.6. The van der Waals surface area contributed by atoms with Crippen molar-refractivity contribution in [2.24, 2.45) is 5.92 Å². The number of nitrogens with zero attached hydrogens (tertiary/aromatic N) is 3. The summed E-state index contributed by atoms with van der Waals surface area (Å²) in [6.07, 6.45) is 8.85. The van der Waals surface area contributed by atoms with E-state index in [-0.39, 0.29) is 17.4 Å². The normalized spacial score (nSPS) is 19.6. The fourth-order valence-corrected chi connectivity index (χ4v) is 5.43. The molecule has 1 N–H and O–H groups in total. The molecule has 2 aromatic carbocycles. The fourth-order valence-electron chi connectivity index (χ4n) is 5.43. The van der Waals surface area contributed by atoms with Gasteiger partial charge in [0.15, 0.2) is 5.82 Å². The van der Waals surface area contributed by atoms with Crippen LogP contribution >= 0.6 is 0 Å². The molecule has 1 saturated carbocycles. The Morgan fingerprint density at radius 3 is 2.44 bits per heavy atom. The van der Waals surface area contributed by atoms with Gasteiger partial charge in [0.1, 0.15) is 0 Å². The number of hydrogen-bond donors (Lipinski definition) is 1. The first-order chi connectivity index (χ1) is 16.7. The smallest absolute Gasteiger partial charge is 0.294 e. The van der Waals surface area contributed by atoms with Gasteiger partial charge in [-0.05, 0) is 43.4 Å². The van der Waals surface area contributed by atoms with Crippen LogP contribution in [0.15, 0.2) is 59.4 Å². The van der Waals surface area contributed by atoms with E-state index in [1.807, 2.05) is 64.1 Å². The minimum Gasteiger partial charge on any atom is -0.353 e. The lowest BCUT2D eigenvalue weighted by molar-refractivity contribution is -0.126. The summed E-state index contributed by atoms with van der Waals surface area (Å²) in [5, 5.41) is 3.32. The van der Waals surface area contributed by atoms with Crippen molar-refractivity contribution in [1.29, 1.82) is 0 Å². The van der Waals surface area contributed by atoms with Crippen molar-refractivity contribution in [3.63, 3.8) is 0 Å². The summed E-state index contributed by atoms with van der Waals surface area (Å²) in [6, 6.07) is 18.2. The maximum Gasteiger partial charge on any atom is 0.294 e. The second kappa shape index (κ2) is 10.4. The molecule has 1 unspecified atom stereocenters. The van der Waals surface area contributed by atoms with Crippen molar-refractivity contribution in [1.82, 2.24) is 14.9 Å². The van der Waals surface area contributed by atoms with E-state index >= 15 is 0 Å². The molecule has 1 amide bonds. The monoisotopic (exact) mass is 458 g/mol. The molecule has 2 fully saturated rings. The highest BCUT2D eigenvalue weighted by Gasteiger charge is 2.30. The van der Waals surface area contributed by atoms with Gasteiger partial charge in [0.05, 0.1) is 23.5 Å². The van der Waals surface area contributed by atoms with Gasteiger partial charge in [-0.25, -0.2) is 4.98 Å². The van der Waals surface area contributed by atoms with Crippen LogP contribution in [0.4, 0.5) is 5.82 Å². The number of fused-ring (bicyclic) bond motifs is 1. The minimum atomic E-state index is -0.104. The topological polar surface area (TPSA) is 67.2 Å². The highest BCUT2D eigenvalue weighted by molar-refractivity contribution is 5.80. The van der Waals surface area contributed by atoms with Gasteiger partial charge in [-0.3, -0.25) is 14.2 Å². The lowest BCUT2D eigenvalue weighted by Gasteiger charge is -2.33. The molecule has 34 heavy (non-hydrogen) atoms. The van der Waals surface area contributed by atoms with E-state index in [0.717, 1.165) is 48.8 Å². The van der Waals surface area contributed by atoms with Crippen molar-refractivity contribution < 1.29 is 4.79 Å². The van der Waals surface area contributed by atoms with Gasteiger partial charge in [-0.1, -0.05) is 68.1 Å². The maximum atomic E-state index is 13.7. The third-order valence-electron chi connectivity index (χ3n) is 7.31. The Balaban J connectivity index is 1.40. The second-order valence-corrected chi connectivity index (χ2v) is 9.78. The van der Waals surface area contributed by atoms with Crippen LogP contribution in [-0.4, -0.2) is 34.6 Å². The van der Waals surface area contributed by atoms with E-state index in [1.54, 1.807) is 0 Å². The molecule has 5 rings (SSSR count). The van der Waals surface area contributed by atoms with Crippen LogP contribution in [-0.2, 0) is 11.3 Å². The molecule has 1 aliphatic carbocycles. The molecule has 0 bridgehead atoms. The number of hydrogen-bond acceptors (Lipinski definition) is 4. The number of amides is 1. The van der Waals surface area contributed by atoms with Gasteiger partial charge in [0.2, 0.25) is 5.91 Å². The fraction of sp³-hybridized carbons (Fsp3) is 0.464. The molecule has 1 aliphatic heterocycles. The number of para-hydroxylation sites is 2. The van der Waals surface area contributed by atoms with Crippen molar-refractivity contribution in [2.75, 3.05) is 18.0 Å². The third-order valence-corrected chi connectivity index (χ3v) is 7.31. The Bertz CT molecular complexity index is 1180. The number of piperidine rings is 1. The first kappa shape index (κ1) is 22.6. The quantitative estimate of drug-likeness (QED) is 0.572. The molecule has 0 radical (unpaired) electrons. The lowest BCUT2D eigenvalue weighted by atomic mass is 9.96. The molecule has 6 nitrogen and oxygen atoms in total. The molecular weight excluding hydrogens is 424 g/mol. The predicted molar refractivity (Wildman–Crippen MR) is 136 cm³/mol. The molecule has 178 valence electrons. The Kier molecular flexibility index (Phi) is 6.93. The molecule has 1 saturated heterocycles. The molecule has 6 heteroatoms. The first-order valence-electron chi connectivity index (χ1n) is 12.8. The highest BCUT2D eigenvalue weighted by atomic mass is 16.2. The van der Waals surface area contributed by atoms with Crippen LogP contribution in [0.3, 0.4) is 0 Å². The summed E-state index contributed by atoms with van der Waals surface area (Å²) in [5.74, 6) is 0.496. The van der Waals surface area contributed by atoms with Gasteiger partial charge in [-0.15, -0.1) is 0 Å². The number of anilines is 1. The molecule has 2 aliphatic rings. The summed E-state index contributed by atoms with van der Waals surface area (Å²) < 4.78 is 1.82. The van der Waals surface area contributed by atoms with Gasteiger partial charge in [0.25, 0.3) is 5.56 Å². The van der Waals surface area contributed by atoms with E-state index in [2.05, 4.69) is 5.32 Å². The summed E-state index contributed by atoms with van der Waals surface area (Å²) >= 11 is 0. The number of carbonyl (C=O) groups excluding carboxylic acids is 1. The number of carbonyl (C=O) groups is 1. The first-order valence-corrected chi connectivity index (χ1v) is 12.8. The summed E-state index contributed by atoms with van der Waals surface area (Å²) in [6.45, 7) is 1.79. The predicted octanol–water partition coefficient (Wildman–Crippen LogP) is 4.50. The molecule has 3 aromatic rings. The zero-order valence-electron chi connectivity index (χ0n) is 19.8. The van der Waals surface area contributed by atoms with Crippen molar-refractivity contribution in [2.45, 2.75) is 64.0 Å². The Morgan fingerprint density at radius 2 is 1.65 bits per heavy atom. The lowest BCUT2D eigenvalue weighted by Crippen LogP contribution is -2.47. The third kappa shape index (κ3) is 5.01. The maximum absolute atomic E-state index is 13.7. The van der Waals surface area contributed by atoms with Crippen LogP contribution in [0.2, 0.25) is 0 Å². The highest BCUT2D eigenvalue weighted by Crippen LogP contribution is 2.24. The number of aromatic nitrogens is 2. The SMILES string of the molecule is O=C(NC1CCCCCC1)C1CCCN(c2nc3ccccc3n(Cc3ccccc3)c2=O)C1. The standard InChI is InChI=1S/C28H34N4O2/c33-27(29-23-14-6-1-2-7-15-23)22-13-10-18-31(20-22)26-28(34)32(19-21-11-4-3-5-12-21)25-17-9-8-16-24(25)30-26/h3-5,8-9,11-12,16-17,22-23H,1-2,6-7,10,13-15,18-20H2,(H,29,33).